The largest absolute Gasteiger partial charge is 0.496 e. The minimum absolute atomic E-state index is 0.182. The molecule has 0 aliphatic heterocycles. The first-order chi connectivity index (χ1) is 15.8. The summed E-state index contributed by atoms with van der Waals surface area (Å²) in [5.74, 6) is 0.947. The van der Waals surface area contributed by atoms with Crippen LogP contribution in [0.2, 0.25) is 0 Å². The zero-order chi connectivity index (χ0) is 23.7. The maximum absolute atomic E-state index is 13.2. The lowest BCUT2D eigenvalue weighted by molar-refractivity contribution is -0.114. The van der Waals surface area contributed by atoms with Crippen LogP contribution in [0.25, 0.3) is 22.4 Å². The fraction of sp³-hybridized carbons (Fsp3) is 0.250. The number of para-hydroxylation sites is 1. The average Bonchev–Trinajstić information content (AvgIpc) is 3.35. The van der Waals surface area contributed by atoms with Crippen LogP contribution in [-0.4, -0.2) is 45.4 Å². The predicted molar refractivity (Wildman–Crippen MR) is 130 cm³/mol. The Bertz CT molecular complexity index is 1360. The number of hydrogen-bond acceptors (Lipinski definition) is 6. The summed E-state index contributed by atoms with van der Waals surface area (Å²) in [6.45, 7) is 3.77. The molecule has 2 aromatic heterocycles. The number of aromatic nitrogens is 3. The molecule has 0 atom stereocenters. The van der Waals surface area contributed by atoms with Gasteiger partial charge in [-0.05, 0) is 31.2 Å². The number of fused-ring (bicyclic) bond motifs is 1. The van der Waals surface area contributed by atoms with Crippen LogP contribution in [0.3, 0.4) is 0 Å². The molecular formula is C24H25N5O3S. The van der Waals surface area contributed by atoms with Gasteiger partial charge in [0, 0.05) is 32.0 Å². The number of rotatable bonds is 6. The number of methoxy groups -OCH3 is 1. The molecule has 0 bridgehead atoms. The lowest BCUT2D eigenvalue weighted by atomic mass is 10.1. The number of hydrogen-bond donors (Lipinski definition) is 1. The van der Waals surface area contributed by atoms with Crippen LogP contribution in [0.1, 0.15) is 28.0 Å². The topological polar surface area (TPSA) is 89.3 Å². The molecule has 0 saturated carbocycles. The molecule has 0 aliphatic carbocycles. The summed E-state index contributed by atoms with van der Waals surface area (Å²) in [6.07, 6.45) is 0. The zero-order valence-electron chi connectivity index (χ0n) is 19.2. The van der Waals surface area contributed by atoms with E-state index in [1.807, 2.05) is 48.2 Å². The van der Waals surface area contributed by atoms with Crippen molar-refractivity contribution in [3.8, 4) is 17.1 Å². The zero-order valence-corrected chi connectivity index (χ0v) is 20.0. The van der Waals surface area contributed by atoms with Gasteiger partial charge in [-0.3, -0.25) is 9.59 Å². The average molecular weight is 464 g/mol. The Hall–Kier alpha value is -3.72. The van der Waals surface area contributed by atoms with Gasteiger partial charge in [-0.15, -0.1) is 11.3 Å². The fourth-order valence-electron chi connectivity index (χ4n) is 3.85. The van der Waals surface area contributed by atoms with Crippen LogP contribution in [0.5, 0.6) is 5.75 Å². The third-order valence-corrected chi connectivity index (χ3v) is 6.11. The minimum atomic E-state index is -0.229. The first-order valence-corrected chi connectivity index (χ1v) is 11.2. The molecule has 33 heavy (non-hydrogen) atoms. The Kier molecular flexibility index (Phi) is 6.15. The van der Waals surface area contributed by atoms with Gasteiger partial charge in [-0.1, -0.05) is 12.1 Å². The number of benzene rings is 2. The number of carbonyl (C=O) groups is 2. The van der Waals surface area contributed by atoms with Crippen LogP contribution >= 0.6 is 11.3 Å². The molecule has 2 amide bonds. The van der Waals surface area contributed by atoms with Crippen molar-refractivity contribution in [2.45, 2.75) is 20.4 Å². The molecule has 0 saturated heterocycles. The minimum Gasteiger partial charge on any atom is -0.496 e. The summed E-state index contributed by atoms with van der Waals surface area (Å²) in [7, 11) is 5.22. The van der Waals surface area contributed by atoms with Gasteiger partial charge in [0.15, 0.2) is 0 Å². The third kappa shape index (κ3) is 4.45. The molecular weight excluding hydrogens is 438 g/mol. The second-order valence-corrected chi connectivity index (χ2v) is 8.85. The Morgan fingerprint density at radius 2 is 1.97 bits per heavy atom. The van der Waals surface area contributed by atoms with Crippen molar-refractivity contribution in [3.05, 3.63) is 58.0 Å². The standard InChI is InChI=1S/C24H25N5O3S/c1-14(30)25-19-10-16(24(31)28(3)12-17-13-33-15(2)26-17)11-20-22(19)29(4)23(27-20)18-8-6-7-9-21(18)32-5/h6-11,13H,12H2,1-5H3,(H,25,30). The summed E-state index contributed by atoms with van der Waals surface area (Å²) in [5, 5.41) is 5.76. The van der Waals surface area contributed by atoms with Gasteiger partial charge in [0.25, 0.3) is 5.91 Å². The van der Waals surface area contributed by atoms with E-state index in [1.54, 1.807) is 42.5 Å². The number of aryl methyl sites for hydroxylation is 2. The highest BCUT2D eigenvalue weighted by molar-refractivity contribution is 7.09. The molecule has 9 heteroatoms. The SMILES string of the molecule is COc1ccccc1-c1nc2cc(C(=O)N(C)Cc3csc(C)n3)cc(NC(C)=O)c2n1C. The van der Waals surface area contributed by atoms with Gasteiger partial charge in [0.2, 0.25) is 5.91 Å². The van der Waals surface area contributed by atoms with Gasteiger partial charge < -0.3 is 19.5 Å². The number of thiazole rings is 1. The van der Waals surface area contributed by atoms with Gasteiger partial charge in [-0.2, -0.15) is 0 Å². The monoisotopic (exact) mass is 463 g/mol. The third-order valence-electron chi connectivity index (χ3n) is 5.29. The van der Waals surface area contributed by atoms with E-state index >= 15 is 0 Å². The first kappa shape index (κ1) is 22.5. The number of amides is 2. The van der Waals surface area contributed by atoms with Crippen molar-refractivity contribution in [2.75, 3.05) is 19.5 Å². The maximum Gasteiger partial charge on any atom is 0.254 e. The van der Waals surface area contributed by atoms with Gasteiger partial charge in [0.05, 0.1) is 46.6 Å². The lowest BCUT2D eigenvalue weighted by Crippen LogP contribution is -2.26. The molecule has 4 aromatic rings. The van der Waals surface area contributed by atoms with Crippen LogP contribution < -0.4 is 10.1 Å². The van der Waals surface area contributed by atoms with E-state index < -0.39 is 0 Å². The molecule has 0 radical (unpaired) electrons. The van der Waals surface area contributed by atoms with Crippen LogP contribution in [0, 0.1) is 6.92 Å². The number of ether oxygens (including phenoxy) is 1. The predicted octanol–water partition coefficient (Wildman–Crippen LogP) is 4.24. The summed E-state index contributed by atoms with van der Waals surface area (Å²) < 4.78 is 7.41. The summed E-state index contributed by atoms with van der Waals surface area (Å²) in [6, 6.07) is 11.1. The van der Waals surface area contributed by atoms with Gasteiger partial charge >= 0.3 is 0 Å². The molecule has 0 aliphatic rings. The molecule has 8 nitrogen and oxygen atoms in total. The molecule has 4 rings (SSSR count). The number of nitrogens with one attached hydrogen (secondary N) is 1. The first-order valence-electron chi connectivity index (χ1n) is 10.4. The van der Waals surface area contributed by atoms with Crippen molar-refractivity contribution < 1.29 is 14.3 Å². The second kappa shape index (κ2) is 9.03. The van der Waals surface area contributed by atoms with E-state index in [-0.39, 0.29) is 11.8 Å². The van der Waals surface area contributed by atoms with Crippen molar-refractivity contribution in [2.24, 2.45) is 7.05 Å². The van der Waals surface area contributed by atoms with E-state index in [4.69, 9.17) is 9.72 Å². The highest BCUT2D eigenvalue weighted by Crippen LogP contribution is 2.34. The van der Waals surface area contributed by atoms with E-state index in [0.29, 0.717) is 34.9 Å². The van der Waals surface area contributed by atoms with Crippen molar-refractivity contribution in [1.29, 1.82) is 0 Å². The van der Waals surface area contributed by atoms with Crippen molar-refractivity contribution in [3.63, 3.8) is 0 Å². The Morgan fingerprint density at radius 1 is 1.21 bits per heavy atom. The quantitative estimate of drug-likeness (QED) is 0.462. The molecule has 0 fully saturated rings. The van der Waals surface area contributed by atoms with Crippen molar-refractivity contribution >= 4 is 39.9 Å². The fourth-order valence-corrected chi connectivity index (χ4v) is 4.45. The number of imidazole rings is 1. The highest BCUT2D eigenvalue weighted by Gasteiger charge is 2.21. The molecule has 0 unspecified atom stereocenters. The summed E-state index contributed by atoms with van der Waals surface area (Å²) in [4.78, 5) is 36.0. The number of carbonyl (C=O) groups excluding carboxylic acids is 2. The molecule has 170 valence electrons. The van der Waals surface area contributed by atoms with Gasteiger partial charge in [-0.25, -0.2) is 9.97 Å². The van der Waals surface area contributed by atoms with E-state index in [9.17, 15) is 9.59 Å². The summed E-state index contributed by atoms with van der Waals surface area (Å²) >= 11 is 1.55. The van der Waals surface area contributed by atoms with E-state index in [0.717, 1.165) is 21.8 Å². The molecule has 2 aromatic carbocycles. The number of nitrogens with zero attached hydrogens (tertiary/aromatic N) is 4. The van der Waals surface area contributed by atoms with Gasteiger partial charge in [0.1, 0.15) is 11.6 Å². The Labute approximate surface area is 195 Å². The number of anilines is 1. The smallest absolute Gasteiger partial charge is 0.254 e. The lowest BCUT2D eigenvalue weighted by Gasteiger charge is -2.17. The molecule has 2 heterocycles. The molecule has 1 N–H and O–H groups in total. The van der Waals surface area contributed by atoms with Crippen LogP contribution in [-0.2, 0) is 18.4 Å². The van der Waals surface area contributed by atoms with Crippen LogP contribution in [0.15, 0.2) is 41.8 Å². The molecule has 0 spiro atoms. The normalized spacial score (nSPS) is 10.9. The van der Waals surface area contributed by atoms with E-state index in [2.05, 4.69) is 10.3 Å². The second-order valence-electron chi connectivity index (χ2n) is 7.79. The Balaban J connectivity index is 1.80. The maximum atomic E-state index is 13.2. The van der Waals surface area contributed by atoms with Crippen LogP contribution in [0.4, 0.5) is 5.69 Å². The Morgan fingerprint density at radius 3 is 2.64 bits per heavy atom. The highest BCUT2D eigenvalue weighted by atomic mass is 32.1. The van der Waals surface area contributed by atoms with E-state index in [1.165, 1.54) is 6.92 Å². The summed E-state index contributed by atoms with van der Waals surface area (Å²) in [5.41, 5.74) is 3.94. The van der Waals surface area contributed by atoms with Crippen molar-refractivity contribution in [1.82, 2.24) is 19.4 Å².